The van der Waals surface area contributed by atoms with Crippen LogP contribution in [0.5, 0.6) is 0 Å². The smallest absolute Gasteiger partial charge is 0.170 e. The van der Waals surface area contributed by atoms with E-state index in [9.17, 15) is 4.39 Å². The second kappa shape index (κ2) is 5.83. The predicted molar refractivity (Wildman–Crippen MR) is 73.8 cm³/mol. The van der Waals surface area contributed by atoms with E-state index in [0.717, 1.165) is 6.07 Å². The van der Waals surface area contributed by atoms with Crippen molar-refractivity contribution in [2.75, 3.05) is 17.7 Å². The van der Waals surface area contributed by atoms with Crippen LogP contribution in [0.15, 0.2) is 35.7 Å². The Morgan fingerprint density at radius 2 is 2.05 bits per heavy atom. The molecule has 0 saturated carbocycles. The number of anilines is 3. The molecule has 0 atom stereocenters. The van der Waals surface area contributed by atoms with Gasteiger partial charge in [-0.05, 0) is 18.2 Å². The Morgan fingerprint density at radius 1 is 1.30 bits per heavy atom. The van der Waals surface area contributed by atoms with Gasteiger partial charge in [0.1, 0.15) is 23.8 Å². The quantitative estimate of drug-likeness (QED) is 0.291. The van der Waals surface area contributed by atoms with Crippen molar-refractivity contribution in [1.82, 2.24) is 9.97 Å². The minimum Gasteiger partial charge on any atom is -0.409 e. The molecule has 0 fully saturated rings. The molecule has 7 nitrogen and oxygen atoms in total. The number of benzene rings is 1. The number of aromatic nitrogens is 2. The van der Waals surface area contributed by atoms with Gasteiger partial charge in [-0.25, -0.2) is 14.4 Å². The number of nitrogens with one attached hydrogen (secondary N) is 2. The highest BCUT2D eigenvalue weighted by atomic mass is 19.1. The number of rotatable bonds is 4. The lowest BCUT2D eigenvalue weighted by atomic mass is 10.2. The van der Waals surface area contributed by atoms with Gasteiger partial charge in [0.15, 0.2) is 5.84 Å². The molecular formula is C12H13FN6O. The van der Waals surface area contributed by atoms with Crippen LogP contribution in [0, 0.1) is 5.82 Å². The van der Waals surface area contributed by atoms with E-state index in [0.29, 0.717) is 11.6 Å². The normalized spacial score (nSPS) is 11.2. The first-order valence-electron chi connectivity index (χ1n) is 5.68. The molecule has 0 aliphatic rings. The monoisotopic (exact) mass is 276 g/mol. The maximum atomic E-state index is 13.9. The summed E-state index contributed by atoms with van der Waals surface area (Å²) in [5.41, 5.74) is 5.90. The summed E-state index contributed by atoms with van der Waals surface area (Å²) >= 11 is 0. The van der Waals surface area contributed by atoms with Crippen LogP contribution >= 0.6 is 0 Å². The van der Waals surface area contributed by atoms with Crippen LogP contribution in [0.25, 0.3) is 0 Å². The average molecular weight is 276 g/mol. The summed E-state index contributed by atoms with van der Waals surface area (Å²) in [6.07, 6.45) is 1.36. The molecule has 20 heavy (non-hydrogen) atoms. The maximum absolute atomic E-state index is 13.9. The first-order chi connectivity index (χ1) is 9.63. The molecule has 0 aliphatic carbocycles. The molecular weight excluding hydrogens is 263 g/mol. The molecule has 5 N–H and O–H groups in total. The van der Waals surface area contributed by atoms with Gasteiger partial charge >= 0.3 is 0 Å². The molecule has 1 aromatic carbocycles. The molecule has 104 valence electrons. The lowest BCUT2D eigenvalue weighted by molar-refractivity contribution is 0.318. The highest BCUT2D eigenvalue weighted by Gasteiger charge is 2.07. The molecule has 0 unspecified atom stereocenters. The van der Waals surface area contributed by atoms with Crippen molar-refractivity contribution in [2.24, 2.45) is 10.9 Å². The average Bonchev–Trinajstić information content (AvgIpc) is 2.48. The van der Waals surface area contributed by atoms with E-state index in [2.05, 4.69) is 25.8 Å². The van der Waals surface area contributed by atoms with Crippen molar-refractivity contribution in [2.45, 2.75) is 0 Å². The van der Waals surface area contributed by atoms with Gasteiger partial charge in [-0.15, -0.1) is 0 Å². The molecule has 1 aromatic heterocycles. The van der Waals surface area contributed by atoms with Gasteiger partial charge in [0.2, 0.25) is 0 Å². The van der Waals surface area contributed by atoms with E-state index in [1.54, 1.807) is 13.1 Å². The third-order valence-corrected chi connectivity index (χ3v) is 2.56. The van der Waals surface area contributed by atoms with E-state index in [4.69, 9.17) is 10.9 Å². The number of hydrogen-bond donors (Lipinski definition) is 4. The van der Waals surface area contributed by atoms with Crippen LogP contribution in [0.1, 0.15) is 5.56 Å². The third kappa shape index (κ3) is 2.91. The van der Waals surface area contributed by atoms with Gasteiger partial charge in [-0.2, -0.15) is 0 Å². The van der Waals surface area contributed by atoms with Gasteiger partial charge in [0.25, 0.3) is 0 Å². The molecule has 8 heteroatoms. The van der Waals surface area contributed by atoms with Crippen LogP contribution < -0.4 is 16.4 Å². The van der Waals surface area contributed by atoms with E-state index >= 15 is 0 Å². The zero-order valence-corrected chi connectivity index (χ0v) is 10.6. The summed E-state index contributed by atoms with van der Waals surface area (Å²) in [6, 6.07) is 5.80. The molecule has 0 bridgehead atoms. The summed E-state index contributed by atoms with van der Waals surface area (Å²) in [4.78, 5) is 7.93. The molecule has 2 rings (SSSR count). The Morgan fingerprint density at radius 3 is 2.70 bits per heavy atom. The van der Waals surface area contributed by atoms with Crippen LogP contribution in [0.2, 0.25) is 0 Å². The standard InChI is InChI=1S/C12H13FN6O/c1-15-10-5-11(17-6-16-10)18-9-3-2-7(4-8(9)13)12(14)19-20/h2-6,20H,1H3,(H2,14,19)(H2,15,16,17,18). The highest BCUT2D eigenvalue weighted by molar-refractivity contribution is 5.97. The van der Waals surface area contributed by atoms with Crippen molar-refractivity contribution in [3.8, 4) is 0 Å². The Labute approximate surface area is 114 Å². The summed E-state index contributed by atoms with van der Waals surface area (Å²) in [7, 11) is 1.72. The topological polar surface area (TPSA) is 108 Å². The van der Waals surface area contributed by atoms with Gasteiger partial charge < -0.3 is 21.6 Å². The Hall–Kier alpha value is -2.90. The molecule has 2 aromatic rings. The Bertz CT molecular complexity index is 646. The SMILES string of the molecule is CNc1cc(Nc2ccc(/C(N)=N/O)cc2F)ncn1. The van der Waals surface area contributed by atoms with E-state index in [-0.39, 0.29) is 17.1 Å². The van der Waals surface area contributed by atoms with Gasteiger partial charge in [0, 0.05) is 18.7 Å². The Balaban J connectivity index is 2.25. The second-order valence-electron chi connectivity index (χ2n) is 3.84. The molecule has 0 amide bonds. The fourth-order valence-electron chi connectivity index (χ4n) is 1.53. The minimum absolute atomic E-state index is 0.157. The van der Waals surface area contributed by atoms with Crippen molar-refractivity contribution in [3.63, 3.8) is 0 Å². The fourth-order valence-corrected chi connectivity index (χ4v) is 1.53. The van der Waals surface area contributed by atoms with Crippen molar-refractivity contribution in [1.29, 1.82) is 0 Å². The zero-order chi connectivity index (χ0) is 14.5. The van der Waals surface area contributed by atoms with E-state index in [1.165, 1.54) is 18.5 Å². The zero-order valence-electron chi connectivity index (χ0n) is 10.6. The van der Waals surface area contributed by atoms with Gasteiger partial charge in [0.05, 0.1) is 5.69 Å². The number of nitrogens with two attached hydrogens (primary N) is 1. The molecule has 0 saturated heterocycles. The molecule has 0 spiro atoms. The first kappa shape index (κ1) is 13.5. The number of hydrogen-bond acceptors (Lipinski definition) is 6. The number of halogens is 1. The molecule has 0 aliphatic heterocycles. The molecule has 1 heterocycles. The third-order valence-electron chi connectivity index (χ3n) is 2.56. The summed E-state index contributed by atoms with van der Waals surface area (Å²) < 4.78 is 13.9. The summed E-state index contributed by atoms with van der Waals surface area (Å²) in [5, 5.41) is 17.0. The number of amidine groups is 1. The summed E-state index contributed by atoms with van der Waals surface area (Å²) in [5.74, 6) is 0.352. The fraction of sp³-hybridized carbons (Fsp3) is 0.0833. The largest absolute Gasteiger partial charge is 0.409 e. The van der Waals surface area contributed by atoms with Crippen LogP contribution in [0.4, 0.5) is 21.7 Å². The lowest BCUT2D eigenvalue weighted by Gasteiger charge is -2.08. The van der Waals surface area contributed by atoms with Gasteiger partial charge in [-0.3, -0.25) is 0 Å². The van der Waals surface area contributed by atoms with Gasteiger partial charge in [-0.1, -0.05) is 5.16 Å². The molecule has 0 radical (unpaired) electrons. The lowest BCUT2D eigenvalue weighted by Crippen LogP contribution is -2.13. The minimum atomic E-state index is -0.543. The Kier molecular flexibility index (Phi) is 3.94. The first-order valence-corrected chi connectivity index (χ1v) is 5.68. The van der Waals surface area contributed by atoms with Crippen LogP contribution in [0.3, 0.4) is 0 Å². The van der Waals surface area contributed by atoms with Crippen LogP contribution in [-0.2, 0) is 0 Å². The predicted octanol–water partition coefficient (Wildman–Crippen LogP) is 1.50. The number of oxime groups is 1. The van der Waals surface area contributed by atoms with Crippen molar-refractivity contribution >= 4 is 23.2 Å². The maximum Gasteiger partial charge on any atom is 0.170 e. The highest BCUT2D eigenvalue weighted by Crippen LogP contribution is 2.20. The second-order valence-corrected chi connectivity index (χ2v) is 3.84. The van der Waals surface area contributed by atoms with Crippen molar-refractivity contribution < 1.29 is 9.60 Å². The van der Waals surface area contributed by atoms with E-state index in [1.807, 2.05) is 0 Å². The van der Waals surface area contributed by atoms with Crippen molar-refractivity contribution in [3.05, 3.63) is 42.0 Å². The van der Waals surface area contributed by atoms with Crippen LogP contribution in [-0.4, -0.2) is 28.1 Å². The van der Waals surface area contributed by atoms with E-state index < -0.39 is 5.82 Å². The summed E-state index contributed by atoms with van der Waals surface area (Å²) in [6.45, 7) is 0. The number of nitrogens with zero attached hydrogens (tertiary/aromatic N) is 3.